The van der Waals surface area contributed by atoms with Gasteiger partial charge in [0, 0.05) is 11.3 Å². The fraction of sp³-hybridized carbons (Fsp3) is 0.176. The topological polar surface area (TPSA) is 64.6 Å². The number of hydrogen-bond donors (Lipinski definition) is 1. The minimum absolute atomic E-state index is 0.277. The molecule has 2 aromatic rings. The summed E-state index contributed by atoms with van der Waals surface area (Å²) < 4.78 is 9.87. The minimum atomic E-state index is -0.451. The summed E-state index contributed by atoms with van der Waals surface area (Å²) in [6.07, 6.45) is 0. The van der Waals surface area contributed by atoms with Gasteiger partial charge in [-0.25, -0.2) is 4.79 Å². The molecule has 0 atom stereocenters. The highest BCUT2D eigenvalue weighted by atomic mass is 16.5. The van der Waals surface area contributed by atoms with Gasteiger partial charge in [0.1, 0.15) is 5.75 Å². The summed E-state index contributed by atoms with van der Waals surface area (Å²) >= 11 is 0. The highest BCUT2D eigenvalue weighted by molar-refractivity contribution is 6.05. The maximum atomic E-state index is 12.3. The average Bonchev–Trinajstić information content (AvgIpc) is 2.54. The Morgan fingerprint density at radius 3 is 2.45 bits per heavy atom. The molecule has 5 nitrogen and oxygen atoms in total. The van der Waals surface area contributed by atoms with E-state index in [1.165, 1.54) is 7.11 Å². The van der Waals surface area contributed by atoms with Crippen molar-refractivity contribution in [3.8, 4) is 5.75 Å². The average molecular weight is 299 g/mol. The van der Waals surface area contributed by atoms with Crippen LogP contribution in [0.1, 0.15) is 26.3 Å². The van der Waals surface area contributed by atoms with E-state index in [4.69, 9.17) is 4.74 Å². The third-order valence-electron chi connectivity index (χ3n) is 3.21. The smallest absolute Gasteiger partial charge is 0.337 e. The van der Waals surface area contributed by atoms with Crippen molar-refractivity contribution in [2.75, 3.05) is 19.5 Å². The van der Waals surface area contributed by atoms with Crippen molar-refractivity contribution >= 4 is 17.6 Å². The number of esters is 1. The third kappa shape index (κ3) is 3.44. The van der Waals surface area contributed by atoms with E-state index in [1.807, 2.05) is 13.0 Å². The Morgan fingerprint density at radius 1 is 1.00 bits per heavy atom. The molecule has 0 aromatic heterocycles. The van der Waals surface area contributed by atoms with E-state index in [1.54, 1.807) is 43.5 Å². The van der Waals surface area contributed by atoms with Gasteiger partial charge in [-0.05, 0) is 42.8 Å². The fourth-order valence-corrected chi connectivity index (χ4v) is 2.01. The second kappa shape index (κ2) is 6.76. The molecule has 114 valence electrons. The summed E-state index contributed by atoms with van der Waals surface area (Å²) in [4.78, 5) is 23.8. The van der Waals surface area contributed by atoms with Crippen molar-refractivity contribution < 1.29 is 19.1 Å². The lowest BCUT2D eigenvalue weighted by Gasteiger charge is -2.09. The van der Waals surface area contributed by atoms with E-state index in [-0.39, 0.29) is 5.91 Å². The maximum Gasteiger partial charge on any atom is 0.337 e. The lowest BCUT2D eigenvalue weighted by atomic mass is 10.1. The van der Waals surface area contributed by atoms with Crippen LogP contribution in [0.25, 0.3) is 0 Å². The highest BCUT2D eigenvalue weighted by Gasteiger charge is 2.11. The third-order valence-corrected chi connectivity index (χ3v) is 3.21. The van der Waals surface area contributed by atoms with Gasteiger partial charge in [0.15, 0.2) is 0 Å². The van der Waals surface area contributed by atoms with Gasteiger partial charge in [-0.15, -0.1) is 0 Å². The summed E-state index contributed by atoms with van der Waals surface area (Å²) in [6.45, 7) is 1.90. The van der Waals surface area contributed by atoms with Gasteiger partial charge < -0.3 is 14.8 Å². The van der Waals surface area contributed by atoms with Crippen LogP contribution >= 0.6 is 0 Å². The van der Waals surface area contributed by atoms with Crippen LogP contribution in [0, 0.1) is 6.92 Å². The summed E-state index contributed by atoms with van der Waals surface area (Å²) in [5.41, 5.74) is 2.33. The predicted octanol–water partition coefficient (Wildman–Crippen LogP) is 3.04. The molecular formula is C17H17NO4. The van der Waals surface area contributed by atoms with E-state index in [9.17, 15) is 9.59 Å². The Morgan fingerprint density at radius 2 is 1.77 bits per heavy atom. The molecule has 0 unspecified atom stereocenters. The SMILES string of the molecule is COC(=O)c1cccc(NC(=O)c2ccc(C)c(OC)c2)c1. The first-order valence-electron chi connectivity index (χ1n) is 6.69. The normalized spacial score (nSPS) is 9.95. The Balaban J connectivity index is 2.20. The molecule has 0 radical (unpaired) electrons. The molecule has 5 heteroatoms. The molecule has 0 saturated heterocycles. The number of nitrogens with one attached hydrogen (secondary N) is 1. The molecule has 2 rings (SSSR count). The van der Waals surface area contributed by atoms with Crippen molar-refractivity contribution in [1.29, 1.82) is 0 Å². The van der Waals surface area contributed by atoms with Crippen LogP contribution in [0.2, 0.25) is 0 Å². The number of carbonyl (C=O) groups is 2. The van der Waals surface area contributed by atoms with Gasteiger partial charge in [-0.1, -0.05) is 12.1 Å². The number of aryl methyl sites for hydroxylation is 1. The van der Waals surface area contributed by atoms with Gasteiger partial charge in [0.05, 0.1) is 19.8 Å². The maximum absolute atomic E-state index is 12.3. The molecule has 2 aromatic carbocycles. The van der Waals surface area contributed by atoms with Crippen molar-refractivity contribution in [3.63, 3.8) is 0 Å². The number of rotatable bonds is 4. The highest BCUT2D eigenvalue weighted by Crippen LogP contribution is 2.20. The Labute approximate surface area is 128 Å². The van der Waals surface area contributed by atoms with E-state index in [0.29, 0.717) is 22.6 Å². The Bertz CT molecular complexity index is 710. The van der Waals surface area contributed by atoms with Crippen LogP contribution in [0.5, 0.6) is 5.75 Å². The Kier molecular flexibility index (Phi) is 4.78. The fourth-order valence-electron chi connectivity index (χ4n) is 2.01. The van der Waals surface area contributed by atoms with Crippen LogP contribution in [0.4, 0.5) is 5.69 Å². The molecule has 22 heavy (non-hydrogen) atoms. The van der Waals surface area contributed by atoms with E-state index in [0.717, 1.165) is 5.56 Å². The quantitative estimate of drug-likeness (QED) is 0.881. The second-order valence-electron chi connectivity index (χ2n) is 4.71. The van der Waals surface area contributed by atoms with E-state index in [2.05, 4.69) is 10.1 Å². The number of methoxy groups -OCH3 is 2. The van der Waals surface area contributed by atoms with Gasteiger partial charge in [-0.3, -0.25) is 4.79 Å². The number of anilines is 1. The zero-order valence-electron chi connectivity index (χ0n) is 12.7. The zero-order chi connectivity index (χ0) is 16.1. The van der Waals surface area contributed by atoms with Crippen molar-refractivity contribution in [2.45, 2.75) is 6.92 Å². The summed E-state index contributed by atoms with van der Waals surface area (Å²) in [5, 5.41) is 2.75. The monoisotopic (exact) mass is 299 g/mol. The van der Waals surface area contributed by atoms with Crippen LogP contribution in [-0.4, -0.2) is 26.1 Å². The number of ether oxygens (including phenoxy) is 2. The molecule has 0 aliphatic heterocycles. The van der Waals surface area contributed by atoms with Gasteiger partial charge >= 0.3 is 5.97 Å². The lowest BCUT2D eigenvalue weighted by Crippen LogP contribution is -2.13. The van der Waals surface area contributed by atoms with Crippen LogP contribution in [0.15, 0.2) is 42.5 Å². The first-order valence-corrected chi connectivity index (χ1v) is 6.69. The molecule has 0 aliphatic rings. The van der Waals surface area contributed by atoms with Crippen molar-refractivity contribution in [2.24, 2.45) is 0 Å². The van der Waals surface area contributed by atoms with Gasteiger partial charge in [0.25, 0.3) is 5.91 Å². The molecule has 1 N–H and O–H groups in total. The summed E-state index contributed by atoms with van der Waals surface area (Å²) in [7, 11) is 2.87. The van der Waals surface area contributed by atoms with Crippen molar-refractivity contribution in [1.82, 2.24) is 0 Å². The second-order valence-corrected chi connectivity index (χ2v) is 4.71. The standard InChI is InChI=1S/C17H17NO4/c1-11-7-8-12(10-15(11)21-2)16(19)18-14-6-4-5-13(9-14)17(20)22-3/h4-10H,1-3H3,(H,18,19). The van der Waals surface area contributed by atoms with Gasteiger partial charge in [0.2, 0.25) is 0 Å². The van der Waals surface area contributed by atoms with Crippen LogP contribution < -0.4 is 10.1 Å². The molecule has 0 saturated carbocycles. The zero-order valence-corrected chi connectivity index (χ0v) is 12.7. The van der Waals surface area contributed by atoms with Gasteiger partial charge in [-0.2, -0.15) is 0 Å². The lowest BCUT2D eigenvalue weighted by molar-refractivity contribution is 0.0600. The van der Waals surface area contributed by atoms with Crippen LogP contribution in [-0.2, 0) is 4.74 Å². The molecule has 0 heterocycles. The largest absolute Gasteiger partial charge is 0.496 e. The first kappa shape index (κ1) is 15.6. The first-order chi connectivity index (χ1) is 10.5. The number of hydrogen-bond acceptors (Lipinski definition) is 4. The molecule has 0 fully saturated rings. The minimum Gasteiger partial charge on any atom is -0.496 e. The Hall–Kier alpha value is -2.82. The van der Waals surface area contributed by atoms with E-state index < -0.39 is 5.97 Å². The molecule has 0 spiro atoms. The molecular weight excluding hydrogens is 282 g/mol. The molecule has 0 bridgehead atoms. The summed E-state index contributed by atoms with van der Waals surface area (Å²) in [6, 6.07) is 11.8. The van der Waals surface area contributed by atoms with E-state index >= 15 is 0 Å². The molecule has 1 amide bonds. The molecule has 0 aliphatic carbocycles. The van der Waals surface area contributed by atoms with Crippen LogP contribution in [0.3, 0.4) is 0 Å². The number of amides is 1. The number of carbonyl (C=O) groups excluding carboxylic acids is 2. The number of benzene rings is 2. The predicted molar refractivity (Wildman–Crippen MR) is 83.5 cm³/mol. The van der Waals surface area contributed by atoms with Crippen molar-refractivity contribution in [3.05, 3.63) is 59.2 Å². The summed E-state index contributed by atoms with van der Waals surface area (Å²) in [5.74, 6) is -0.0793.